The molecule has 0 aliphatic carbocycles. The van der Waals surface area contributed by atoms with E-state index in [1.807, 2.05) is 23.1 Å². The molecule has 2 amide bonds. The van der Waals surface area contributed by atoms with Gasteiger partial charge in [0.05, 0.1) is 12.5 Å². The first-order valence-corrected chi connectivity index (χ1v) is 10.9. The second-order valence-electron chi connectivity index (χ2n) is 8.51. The number of rotatable bonds is 5. The summed E-state index contributed by atoms with van der Waals surface area (Å²) in [6.07, 6.45) is 2.52. The van der Waals surface area contributed by atoms with Crippen molar-refractivity contribution >= 4 is 17.5 Å². The average Bonchev–Trinajstić information content (AvgIpc) is 3.24. The standard InChI is InChI=1S/C24H29N3O4/c28-21-6-4-20(5-7-21)25-24(31)19-8-11-26(15-19)16-23(30)27-12-9-17(10-13-27)18-2-1-3-22(29)14-18/h1-7,14,17,19,28-29H,8-13,15-16H2,(H,25,31). The first kappa shape index (κ1) is 21.2. The molecule has 0 bridgehead atoms. The van der Waals surface area contributed by atoms with E-state index in [2.05, 4.69) is 10.2 Å². The van der Waals surface area contributed by atoms with Crippen molar-refractivity contribution < 1.29 is 19.8 Å². The van der Waals surface area contributed by atoms with Crippen molar-refractivity contribution in [3.05, 3.63) is 54.1 Å². The molecule has 3 N–H and O–H groups in total. The number of amides is 2. The van der Waals surface area contributed by atoms with Gasteiger partial charge in [-0.25, -0.2) is 0 Å². The Morgan fingerprint density at radius 2 is 1.68 bits per heavy atom. The maximum absolute atomic E-state index is 12.8. The fraction of sp³-hybridized carbons (Fsp3) is 0.417. The highest BCUT2D eigenvalue weighted by Crippen LogP contribution is 2.30. The molecule has 7 heteroatoms. The molecule has 0 saturated carbocycles. The van der Waals surface area contributed by atoms with Crippen LogP contribution in [0.4, 0.5) is 5.69 Å². The van der Waals surface area contributed by atoms with E-state index in [0.717, 1.165) is 44.5 Å². The van der Waals surface area contributed by atoms with E-state index in [1.165, 1.54) is 0 Å². The van der Waals surface area contributed by atoms with Crippen molar-refractivity contribution in [2.45, 2.75) is 25.2 Å². The molecule has 2 aliphatic heterocycles. The number of piperidine rings is 1. The molecule has 2 fully saturated rings. The van der Waals surface area contributed by atoms with Crippen LogP contribution in [0.3, 0.4) is 0 Å². The van der Waals surface area contributed by atoms with E-state index in [4.69, 9.17) is 0 Å². The molecule has 4 rings (SSSR count). The zero-order chi connectivity index (χ0) is 21.8. The lowest BCUT2D eigenvalue weighted by Crippen LogP contribution is -2.43. The molecule has 0 aromatic heterocycles. The molecule has 164 valence electrons. The molecule has 31 heavy (non-hydrogen) atoms. The number of hydrogen-bond acceptors (Lipinski definition) is 5. The molecule has 2 aromatic rings. The number of anilines is 1. The van der Waals surface area contributed by atoms with Crippen LogP contribution in [0.2, 0.25) is 0 Å². The van der Waals surface area contributed by atoms with E-state index in [0.29, 0.717) is 24.7 Å². The summed E-state index contributed by atoms with van der Waals surface area (Å²) in [5.74, 6) is 0.749. The molecule has 0 radical (unpaired) electrons. The van der Waals surface area contributed by atoms with Crippen LogP contribution >= 0.6 is 0 Å². The van der Waals surface area contributed by atoms with Crippen LogP contribution < -0.4 is 5.32 Å². The Morgan fingerprint density at radius 3 is 2.39 bits per heavy atom. The Balaban J connectivity index is 1.22. The predicted molar refractivity (Wildman–Crippen MR) is 118 cm³/mol. The fourth-order valence-corrected chi connectivity index (χ4v) is 4.51. The van der Waals surface area contributed by atoms with Crippen LogP contribution in [0.5, 0.6) is 11.5 Å². The maximum Gasteiger partial charge on any atom is 0.236 e. The van der Waals surface area contributed by atoms with Gasteiger partial charge < -0.3 is 20.4 Å². The lowest BCUT2D eigenvalue weighted by Gasteiger charge is -2.33. The van der Waals surface area contributed by atoms with E-state index in [1.54, 1.807) is 30.3 Å². The third-order valence-electron chi connectivity index (χ3n) is 6.33. The van der Waals surface area contributed by atoms with Gasteiger partial charge in [-0.2, -0.15) is 0 Å². The third-order valence-corrected chi connectivity index (χ3v) is 6.33. The van der Waals surface area contributed by atoms with Gasteiger partial charge in [0, 0.05) is 25.3 Å². The zero-order valence-electron chi connectivity index (χ0n) is 17.5. The number of carbonyl (C=O) groups is 2. The summed E-state index contributed by atoms with van der Waals surface area (Å²) in [5, 5.41) is 21.9. The Kier molecular flexibility index (Phi) is 6.42. The lowest BCUT2D eigenvalue weighted by molar-refractivity contribution is -0.133. The number of likely N-dealkylation sites (tertiary alicyclic amines) is 2. The third kappa shape index (κ3) is 5.35. The second kappa shape index (κ2) is 9.39. The topological polar surface area (TPSA) is 93.1 Å². The van der Waals surface area contributed by atoms with Crippen LogP contribution in [0.15, 0.2) is 48.5 Å². The second-order valence-corrected chi connectivity index (χ2v) is 8.51. The highest BCUT2D eigenvalue weighted by molar-refractivity contribution is 5.93. The van der Waals surface area contributed by atoms with Crippen molar-refractivity contribution in [1.29, 1.82) is 0 Å². The van der Waals surface area contributed by atoms with Gasteiger partial charge in [0.15, 0.2) is 0 Å². The van der Waals surface area contributed by atoms with Crippen molar-refractivity contribution in [3.8, 4) is 11.5 Å². The highest BCUT2D eigenvalue weighted by atomic mass is 16.3. The number of carbonyl (C=O) groups excluding carboxylic acids is 2. The monoisotopic (exact) mass is 423 g/mol. The molecule has 1 unspecified atom stereocenters. The summed E-state index contributed by atoms with van der Waals surface area (Å²) in [5.41, 5.74) is 1.79. The Labute approximate surface area is 182 Å². The van der Waals surface area contributed by atoms with Crippen LogP contribution in [-0.4, -0.2) is 64.6 Å². The molecular weight excluding hydrogens is 394 g/mol. The highest BCUT2D eigenvalue weighted by Gasteiger charge is 2.31. The molecular formula is C24H29N3O4. The van der Waals surface area contributed by atoms with E-state index >= 15 is 0 Å². The largest absolute Gasteiger partial charge is 0.508 e. The van der Waals surface area contributed by atoms with Crippen LogP contribution in [-0.2, 0) is 9.59 Å². The fourth-order valence-electron chi connectivity index (χ4n) is 4.51. The lowest BCUT2D eigenvalue weighted by atomic mass is 9.89. The van der Waals surface area contributed by atoms with E-state index < -0.39 is 0 Å². The molecule has 0 spiro atoms. The smallest absolute Gasteiger partial charge is 0.236 e. The molecule has 2 aliphatic rings. The van der Waals surface area contributed by atoms with E-state index in [-0.39, 0.29) is 29.2 Å². The Hall–Kier alpha value is -3.06. The molecule has 2 aromatic carbocycles. The van der Waals surface area contributed by atoms with Crippen molar-refractivity contribution in [1.82, 2.24) is 9.80 Å². The molecule has 2 heterocycles. The normalized spacial score (nSPS) is 20.0. The maximum atomic E-state index is 12.8. The van der Waals surface area contributed by atoms with Crippen molar-refractivity contribution in [3.63, 3.8) is 0 Å². The summed E-state index contributed by atoms with van der Waals surface area (Å²) in [4.78, 5) is 29.3. The van der Waals surface area contributed by atoms with Gasteiger partial charge in [-0.15, -0.1) is 0 Å². The van der Waals surface area contributed by atoms with Crippen LogP contribution in [0.25, 0.3) is 0 Å². The minimum absolute atomic E-state index is 0.0485. The molecule has 2 saturated heterocycles. The van der Waals surface area contributed by atoms with Crippen LogP contribution in [0.1, 0.15) is 30.7 Å². The van der Waals surface area contributed by atoms with Gasteiger partial charge >= 0.3 is 0 Å². The summed E-state index contributed by atoms with van der Waals surface area (Å²) in [7, 11) is 0. The number of aromatic hydroxyl groups is 2. The summed E-state index contributed by atoms with van der Waals surface area (Å²) in [6.45, 7) is 3.10. The van der Waals surface area contributed by atoms with E-state index in [9.17, 15) is 19.8 Å². The summed E-state index contributed by atoms with van der Waals surface area (Å²) < 4.78 is 0. The van der Waals surface area contributed by atoms with Gasteiger partial charge in [0.2, 0.25) is 11.8 Å². The first-order valence-electron chi connectivity index (χ1n) is 10.9. The predicted octanol–water partition coefficient (Wildman–Crippen LogP) is 2.76. The Morgan fingerprint density at radius 1 is 0.935 bits per heavy atom. The minimum Gasteiger partial charge on any atom is -0.508 e. The van der Waals surface area contributed by atoms with Crippen LogP contribution in [0, 0.1) is 5.92 Å². The van der Waals surface area contributed by atoms with Gasteiger partial charge in [-0.3, -0.25) is 14.5 Å². The van der Waals surface area contributed by atoms with Gasteiger partial charge in [0.1, 0.15) is 11.5 Å². The van der Waals surface area contributed by atoms with Crippen molar-refractivity contribution in [2.75, 3.05) is 38.0 Å². The summed E-state index contributed by atoms with van der Waals surface area (Å²) in [6, 6.07) is 13.8. The van der Waals surface area contributed by atoms with Gasteiger partial charge in [-0.05, 0) is 73.7 Å². The number of phenolic OH excluding ortho intramolecular Hbond substituents is 2. The quantitative estimate of drug-likeness (QED) is 0.643. The number of nitrogens with zero attached hydrogens (tertiary/aromatic N) is 2. The number of hydrogen-bond donors (Lipinski definition) is 3. The molecule has 7 nitrogen and oxygen atoms in total. The summed E-state index contributed by atoms with van der Waals surface area (Å²) >= 11 is 0. The SMILES string of the molecule is O=C(Nc1ccc(O)cc1)C1CCN(CC(=O)N2CCC(c3cccc(O)c3)CC2)C1. The average molecular weight is 424 g/mol. The number of phenols is 2. The minimum atomic E-state index is -0.141. The van der Waals surface area contributed by atoms with Crippen molar-refractivity contribution in [2.24, 2.45) is 5.92 Å². The molecule has 1 atom stereocenters. The van der Waals surface area contributed by atoms with Gasteiger partial charge in [0.25, 0.3) is 0 Å². The zero-order valence-corrected chi connectivity index (χ0v) is 17.5. The Bertz CT molecular complexity index is 923. The number of benzene rings is 2. The number of nitrogens with one attached hydrogen (secondary N) is 1. The van der Waals surface area contributed by atoms with Gasteiger partial charge in [-0.1, -0.05) is 12.1 Å². The first-order chi connectivity index (χ1) is 15.0.